The number of anilines is 1. The number of hydrogen-bond acceptors (Lipinski definition) is 4. The van der Waals surface area contributed by atoms with Gasteiger partial charge in [-0.15, -0.1) is 0 Å². The first kappa shape index (κ1) is 20.4. The van der Waals surface area contributed by atoms with Gasteiger partial charge in [-0.1, -0.05) is 43.6 Å². The molecule has 0 bridgehead atoms. The maximum atomic E-state index is 12.4. The predicted molar refractivity (Wildman–Crippen MR) is 116 cm³/mol. The van der Waals surface area contributed by atoms with Crippen LogP contribution in [0.15, 0.2) is 58.1 Å². The molecule has 3 aromatic rings. The van der Waals surface area contributed by atoms with Crippen LogP contribution in [0.25, 0.3) is 17.0 Å². The van der Waals surface area contributed by atoms with Crippen LogP contribution in [0.2, 0.25) is 5.02 Å². The van der Waals surface area contributed by atoms with Gasteiger partial charge in [-0.3, -0.25) is 14.4 Å². The molecule has 1 amide bonds. The number of aromatic hydroxyl groups is 1. The van der Waals surface area contributed by atoms with Gasteiger partial charge in [0, 0.05) is 22.2 Å². The smallest absolute Gasteiger partial charge is 0.296 e. The van der Waals surface area contributed by atoms with Crippen LogP contribution in [0, 0.1) is 0 Å². The fourth-order valence-electron chi connectivity index (χ4n) is 2.98. The molecule has 0 fully saturated rings. The molecule has 2 aromatic carbocycles. The maximum absolute atomic E-state index is 12.4. The van der Waals surface area contributed by atoms with E-state index in [0.29, 0.717) is 10.7 Å². The van der Waals surface area contributed by atoms with Gasteiger partial charge in [0.2, 0.25) is 5.91 Å². The van der Waals surface area contributed by atoms with Crippen molar-refractivity contribution in [3.05, 3.63) is 85.3 Å². The number of rotatable bonds is 4. The summed E-state index contributed by atoms with van der Waals surface area (Å²) in [5.41, 5.74) is -0.334. The van der Waals surface area contributed by atoms with Gasteiger partial charge in [-0.25, -0.2) is 0 Å². The Morgan fingerprint density at radius 1 is 1.17 bits per heavy atom. The van der Waals surface area contributed by atoms with E-state index in [1.807, 2.05) is 26.0 Å². The first-order chi connectivity index (χ1) is 13.8. The number of aromatic amines is 1. The minimum absolute atomic E-state index is 0.206. The summed E-state index contributed by atoms with van der Waals surface area (Å²) in [5.74, 6) is -0.698. The fraction of sp³-hybridized carbons (Fsp3) is 0.136. The quantitative estimate of drug-likeness (QED) is 0.446. The van der Waals surface area contributed by atoms with E-state index in [-0.39, 0.29) is 22.4 Å². The molecule has 1 heterocycles. The number of carbonyl (C=O) groups excluding carboxylic acids is 1. The molecule has 0 unspecified atom stereocenters. The van der Waals surface area contributed by atoms with E-state index in [1.165, 1.54) is 18.2 Å². The minimum atomic E-state index is -0.957. The normalized spacial score (nSPS) is 11.3. The monoisotopic (exact) mass is 410 g/mol. The Labute approximate surface area is 171 Å². The van der Waals surface area contributed by atoms with E-state index in [9.17, 15) is 19.5 Å². The van der Waals surface area contributed by atoms with E-state index in [4.69, 9.17) is 11.6 Å². The largest absolute Gasteiger partial charge is 0.506 e. The van der Waals surface area contributed by atoms with Gasteiger partial charge in [-0.2, -0.15) is 0 Å². The van der Waals surface area contributed by atoms with Crippen molar-refractivity contribution in [1.82, 2.24) is 4.98 Å². The zero-order chi connectivity index (χ0) is 21.1. The number of para-hydroxylation sites is 1. The molecule has 6 nitrogen and oxygen atoms in total. The van der Waals surface area contributed by atoms with Crippen LogP contribution in [0.3, 0.4) is 0 Å². The van der Waals surface area contributed by atoms with Crippen molar-refractivity contribution in [3.63, 3.8) is 0 Å². The number of fused-ring (bicyclic) bond motifs is 1. The molecule has 29 heavy (non-hydrogen) atoms. The van der Waals surface area contributed by atoms with Crippen LogP contribution < -0.4 is 16.3 Å². The zero-order valence-corrected chi connectivity index (χ0v) is 16.6. The van der Waals surface area contributed by atoms with Gasteiger partial charge in [0.15, 0.2) is 0 Å². The Balaban J connectivity index is 2.01. The molecule has 3 rings (SSSR count). The Morgan fingerprint density at radius 2 is 1.90 bits per heavy atom. The lowest BCUT2D eigenvalue weighted by Crippen LogP contribution is -2.25. The molecule has 0 saturated heterocycles. The van der Waals surface area contributed by atoms with Crippen molar-refractivity contribution in [3.8, 4) is 5.75 Å². The molecule has 148 valence electrons. The fourth-order valence-corrected chi connectivity index (χ4v) is 3.15. The van der Waals surface area contributed by atoms with Crippen LogP contribution >= 0.6 is 11.6 Å². The Hall–Kier alpha value is -3.38. The first-order valence-corrected chi connectivity index (χ1v) is 9.32. The van der Waals surface area contributed by atoms with Crippen molar-refractivity contribution in [1.29, 1.82) is 0 Å². The summed E-state index contributed by atoms with van der Waals surface area (Å²) in [6.07, 6.45) is 2.24. The third-order valence-electron chi connectivity index (χ3n) is 4.43. The number of halogens is 1. The second-order valence-electron chi connectivity index (χ2n) is 6.80. The van der Waals surface area contributed by atoms with Crippen molar-refractivity contribution in [2.24, 2.45) is 0 Å². The number of amides is 1. The molecule has 0 atom stereocenters. The molecular formula is C22H19ClN2O4. The molecule has 0 aliphatic carbocycles. The van der Waals surface area contributed by atoms with E-state index in [1.54, 1.807) is 12.1 Å². The molecular weight excluding hydrogens is 392 g/mol. The molecule has 0 aliphatic rings. The second kappa shape index (κ2) is 8.32. The second-order valence-corrected chi connectivity index (χ2v) is 7.24. The summed E-state index contributed by atoms with van der Waals surface area (Å²) in [7, 11) is 0. The van der Waals surface area contributed by atoms with E-state index >= 15 is 0 Å². The van der Waals surface area contributed by atoms with Gasteiger partial charge in [-0.05, 0) is 41.8 Å². The van der Waals surface area contributed by atoms with Crippen molar-refractivity contribution >= 4 is 40.2 Å². The molecule has 0 aliphatic heterocycles. The number of benzene rings is 2. The molecule has 1 aromatic heterocycles. The summed E-state index contributed by atoms with van der Waals surface area (Å²) in [6, 6.07) is 11.8. The van der Waals surface area contributed by atoms with Crippen LogP contribution in [0.5, 0.6) is 5.75 Å². The van der Waals surface area contributed by atoms with Crippen LogP contribution in [0.1, 0.15) is 30.9 Å². The van der Waals surface area contributed by atoms with Crippen molar-refractivity contribution < 1.29 is 9.90 Å². The summed E-state index contributed by atoms with van der Waals surface area (Å²) >= 11 is 5.91. The third kappa shape index (κ3) is 4.38. The number of aromatic nitrogens is 1. The highest BCUT2D eigenvalue weighted by atomic mass is 35.5. The van der Waals surface area contributed by atoms with Gasteiger partial charge < -0.3 is 15.4 Å². The highest BCUT2D eigenvalue weighted by molar-refractivity contribution is 6.31. The molecule has 3 N–H and O–H groups in total. The molecule has 0 spiro atoms. The van der Waals surface area contributed by atoms with Crippen molar-refractivity contribution in [2.45, 2.75) is 19.8 Å². The standard InChI is InChI=1S/C22H19ClN2O4/c1-12(2)14-5-3-4-6-17(14)24-19(26)10-9-16-20(27)15-8-7-13(23)11-18(15)25-22(29)21(16)28/h3-12,27H,1-2H3,(H,24,26)(H,25,28,29). The lowest BCUT2D eigenvalue weighted by molar-refractivity contribution is -0.111. The number of H-pyrrole nitrogens is 1. The summed E-state index contributed by atoms with van der Waals surface area (Å²) < 4.78 is 0. The minimum Gasteiger partial charge on any atom is -0.506 e. The van der Waals surface area contributed by atoms with Crippen LogP contribution in [-0.2, 0) is 4.79 Å². The summed E-state index contributed by atoms with van der Waals surface area (Å²) in [4.78, 5) is 39.3. The first-order valence-electron chi connectivity index (χ1n) is 8.94. The van der Waals surface area contributed by atoms with Gasteiger partial charge in [0.1, 0.15) is 5.75 Å². The van der Waals surface area contributed by atoms with E-state index in [0.717, 1.165) is 17.7 Å². The van der Waals surface area contributed by atoms with E-state index < -0.39 is 22.6 Å². The maximum Gasteiger partial charge on any atom is 0.296 e. The topological polar surface area (TPSA) is 99.3 Å². The van der Waals surface area contributed by atoms with Crippen LogP contribution in [0.4, 0.5) is 5.69 Å². The zero-order valence-electron chi connectivity index (χ0n) is 15.8. The summed E-state index contributed by atoms with van der Waals surface area (Å²) in [5, 5.41) is 13.9. The SMILES string of the molecule is CC(C)c1ccccc1NC(=O)C=Cc1c(O)c2ccc(Cl)cc2[nH]c(=O)c1=O. The number of carbonyl (C=O) groups is 1. The van der Waals surface area contributed by atoms with Crippen LogP contribution in [-0.4, -0.2) is 16.0 Å². The summed E-state index contributed by atoms with van der Waals surface area (Å²) in [6.45, 7) is 4.02. The lowest BCUT2D eigenvalue weighted by atomic mass is 10.0. The molecule has 0 saturated carbocycles. The lowest BCUT2D eigenvalue weighted by Gasteiger charge is -2.12. The van der Waals surface area contributed by atoms with Gasteiger partial charge in [0.05, 0.1) is 11.1 Å². The van der Waals surface area contributed by atoms with Crippen molar-refractivity contribution in [2.75, 3.05) is 5.32 Å². The molecule has 0 radical (unpaired) electrons. The third-order valence-corrected chi connectivity index (χ3v) is 4.67. The Bertz CT molecular complexity index is 1250. The number of hydrogen-bond donors (Lipinski definition) is 3. The molecule has 7 heteroatoms. The van der Waals surface area contributed by atoms with Gasteiger partial charge in [0.25, 0.3) is 11.0 Å². The van der Waals surface area contributed by atoms with E-state index in [2.05, 4.69) is 10.3 Å². The Morgan fingerprint density at radius 3 is 2.62 bits per heavy atom. The van der Waals surface area contributed by atoms with Gasteiger partial charge >= 0.3 is 0 Å². The number of nitrogens with one attached hydrogen (secondary N) is 2. The highest BCUT2D eigenvalue weighted by Gasteiger charge is 2.12. The average molecular weight is 411 g/mol. The average Bonchev–Trinajstić information content (AvgIpc) is 2.75. The Kier molecular flexibility index (Phi) is 5.84. The predicted octanol–water partition coefficient (Wildman–Crippen LogP) is 4.02. The highest BCUT2D eigenvalue weighted by Crippen LogP contribution is 2.27.